The SMILES string of the molecule is O=c1c(-c2cc(OCc3ccc(F)cc3)c(Cl)cc2F)c(Cl)n2n1CCCC2. The molecule has 28 heavy (non-hydrogen) atoms. The molecule has 0 amide bonds. The Labute approximate surface area is 169 Å². The van der Waals surface area contributed by atoms with Crippen molar-refractivity contribution < 1.29 is 13.5 Å². The van der Waals surface area contributed by atoms with Gasteiger partial charge in [-0.05, 0) is 42.7 Å². The van der Waals surface area contributed by atoms with Crippen molar-refractivity contribution in [1.82, 2.24) is 9.36 Å². The van der Waals surface area contributed by atoms with Crippen molar-refractivity contribution in [2.24, 2.45) is 0 Å². The first-order valence-corrected chi connectivity index (χ1v) is 9.57. The second kappa shape index (κ2) is 7.60. The van der Waals surface area contributed by atoms with Crippen molar-refractivity contribution in [3.8, 4) is 16.9 Å². The molecular weight excluding hydrogens is 409 g/mol. The highest BCUT2D eigenvalue weighted by Crippen LogP contribution is 2.36. The lowest BCUT2D eigenvalue weighted by atomic mass is 10.1. The van der Waals surface area contributed by atoms with Crippen LogP contribution in [-0.2, 0) is 19.7 Å². The third-order valence-corrected chi connectivity index (χ3v) is 5.44. The van der Waals surface area contributed by atoms with E-state index < -0.39 is 5.82 Å². The molecule has 4 nitrogen and oxygen atoms in total. The van der Waals surface area contributed by atoms with E-state index in [1.165, 1.54) is 22.9 Å². The van der Waals surface area contributed by atoms with Gasteiger partial charge in [-0.25, -0.2) is 13.5 Å². The van der Waals surface area contributed by atoms with Crippen LogP contribution in [0.2, 0.25) is 10.2 Å². The van der Waals surface area contributed by atoms with Gasteiger partial charge in [0.15, 0.2) is 0 Å². The predicted octanol–water partition coefficient (Wildman–Crippen LogP) is 5.27. The number of rotatable bonds is 4. The first-order chi connectivity index (χ1) is 13.5. The summed E-state index contributed by atoms with van der Waals surface area (Å²) < 4.78 is 36.6. The average molecular weight is 425 g/mol. The van der Waals surface area contributed by atoms with Crippen LogP contribution in [0.25, 0.3) is 11.1 Å². The van der Waals surface area contributed by atoms with E-state index in [2.05, 4.69) is 0 Å². The minimum Gasteiger partial charge on any atom is -0.487 e. The van der Waals surface area contributed by atoms with Gasteiger partial charge in [-0.15, -0.1) is 0 Å². The number of hydrogen-bond donors (Lipinski definition) is 0. The molecule has 0 radical (unpaired) electrons. The van der Waals surface area contributed by atoms with Crippen LogP contribution in [0.3, 0.4) is 0 Å². The Bertz CT molecular complexity index is 1090. The van der Waals surface area contributed by atoms with Gasteiger partial charge in [0.2, 0.25) is 0 Å². The van der Waals surface area contributed by atoms with Gasteiger partial charge in [-0.1, -0.05) is 35.3 Å². The van der Waals surface area contributed by atoms with Gasteiger partial charge in [0.25, 0.3) is 5.56 Å². The third kappa shape index (κ3) is 3.42. The summed E-state index contributed by atoms with van der Waals surface area (Å²) in [6.45, 7) is 1.27. The van der Waals surface area contributed by atoms with Crippen LogP contribution in [0, 0.1) is 11.6 Å². The van der Waals surface area contributed by atoms with E-state index in [0.717, 1.165) is 24.5 Å². The molecule has 8 heteroatoms. The van der Waals surface area contributed by atoms with Crippen LogP contribution in [0.1, 0.15) is 18.4 Å². The highest BCUT2D eigenvalue weighted by molar-refractivity contribution is 6.33. The molecule has 1 aliphatic rings. The summed E-state index contributed by atoms with van der Waals surface area (Å²) in [6, 6.07) is 8.30. The molecule has 0 unspecified atom stereocenters. The van der Waals surface area contributed by atoms with Gasteiger partial charge in [0.05, 0.1) is 10.6 Å². The maximum Gasteiger partial charge on any atom is 0.276 e. The molecule has 0 bridgehead atoms. The number of benzene rings is 2. The summed E-state index contributed by atoms with van der Waals surface area (Å²) in [5, 5.41) is 0.277. The molecule has 0 aliphatic carbocycles. The molecule has 4 rings (SSSR count). The number of fused-ring (bicyclic) bond motifs is 1. The molecule has 1 aliphatic heterocycles. The minimum absolute atomic E-state index is 0.0444. The molecule has 1 aromatic heterocycles. The lowest BCUT2D eigenvalue weighted by molar-refractivity contribution is 0.306. The standard InChI is InChI=1S/C20H16Cl2F2N2O2/c21-15-10-16(24)14(9-17(15)28-11-12-3-5-13(23)6-4-12)18-19(22)25-7-1-2-8-26(25)20(18)27/h3-6,9-10H,1-2,7-8,11H2. The van der Waals surface area contributed by atoms with Crippen molar-refractivity contribution in [3.63, 3.8) is 0 Å². The van der Waals surface area contributed by atoms with Gasteiger partial charge in [0.1, 0.15) is 29.1 Å². The van der Waals surface area contributed by atoms with Crippen molar-refractivity contribution >= 4 is 23.2 Å². The number of nitrogens with zero attached hydrogens (tertiary/aromatic N) is 2. The Balaban J connectivity index is 1.71. The van der Waals surface area contributed by atoms with E-state index in [-0.39, 0.29) is 45.0 Å². The maximum atomic E-state index is 14.7. The summed E-state index contributed by atoms with van der Waals surface area (Å²) in [4.78, 5) is 12.8. The topological polar surface area (TPSA) is 36.2 Å². The average Bonchev–Trinajstić information content (AvgIpc) is 2.94. The van der Waals surface area contributed by atoms with Gasteiger partial charge in [-0.3, -0.25) is 9.48 Å². The molecule has 0 saturated carbocycles. The van der Waals surface area contributed by atoms with Crippen LogP contribution < -0.4 is 10.3 Å². The predicted molar refractivity (Wildman–Crippen MR) is 104 cm³/mol. The monoisotopic (exact) mass is 424 g/mol. The molecule has 0 spiro atoms. The molecule has 0 fully saturated rings. The largest absolute Gasteiger partial charge is 0.487 e. The van der Waals surface area contributed by atoms with Crippen molar-refractivity contribution in [3.05, 3.63) is 74.1 Å². The lowest BCUT2D eigenvalue weighted by Crippen LogP contribution is -2.27. The normalized spacial score (nSPS) is 13.4. The second-order valence-corrected chi connectivity index (χ2v) is 7.37. The van der Waals surface area contributed by atoms with Crippen LogP contribution in [-0.4, -0.2) is 9.36 Å². The zero-order valence-corrected chi connectivity index (χ0v) is 16.2. The Morgan fingerprint density at radius 2 is 1.68 bits per heavy atom. The smallest absolute Gasteiger partial charge is 0.276 e. The zero-order chi connectivity index (χ0) is 19.8. The van der Waals surface area contributed by atoms with Gasteiger partial charge >= 0.3 is 0 Å². The molecule has 0 atom stereocenters. The first-order valence-electron chi connectivity index (χ1n) is 8.81. The molecule has 146 valence electrons. The fourth-order valence-electron chi connectivity index (χ4n) is 3.33. The van der Waals surface area contributed by atoms with Crippen LogP contribution in [0.4, 0.5) is 8.78 Å². The fraction of sp³-hybridized carbons (Fsp3) is 0.250. The summed E-state index contributed by atoms with van der Waals surface area (Å²) in [7, 11) is 0. The Hall–Kier alpha value is -2.31. The number of hydrogen-bond acceptors (Lipinski definition) is 2. The first kappa shape index (κ1) is 19.0. The number of halogens is 4. The number of ether oxygens (including phenoxy) is 1. The van der Waals surface area contributed by atoms with Crippen molar-refractivity contribution in [2.45, 2.75) is 32.5 Å². The van der Waals surface area contributed by atoms with Crippen molar-refractivity contribution in [2.75, 3.05) is 0 Å². The molecule has 2 heterocycles. The third-order valence-electron chi connectivity index (χ3n) is 4.76. The second-order valence-electron chi connectivity index (χ2n) is 6.60. The fourth-order valence-corrected chi connectivity index (χ4v) is 3.89. The van der Waals surface area contributed by atoms with E-state index in [1.807, 2.05) is 0 Å². The van der Waals surface area contributed by atoms with Gasteiger partial charge < -0.3 is 4.74 Å². The van der Waals surface area contributed by atoms with Crippen LogP contribution in [0.5, 0.6) is 5.75 Å². The van der Waals surface area contributed by atoms with E-state index in [0.29, 0.717) is 13.1 Å². The maximum absolute atomic E-state index is 14.7. The summed E-state index contributed by atoms with van der Waals surface area (Å²) in [5.74, 6) is -0.785. The van der Waals surface area contributed by atoms with E-state index in [9.17, 15) is 13.6 Å². The lowest BCUT2D eigenvalue weighted by Gasteiger charge is -2.17. The van der Waals surface area contributed by atoms with Crippen LogP contribution >= 0.6 is 23.2 Å². The highest BCUT2D eigenvalue weighted by Gasteiger charge is 2.25. The summed E-state index contributed by atoms with van der Waals surface area (Å²) in [6.07, 6.45) is 1.78. The Morgan fingerprint density at radius 1 is 1.00 bits per heavy atom. The summed E-state index contributed by atoms with van der Waals surface area (Å²) >= 11 is 12.5. The van der Waals surface area contributed by atoms with Crippen LogP contribution in [0.15, 0.2) is 41.2 Å². The molecule has 0 saturated heterocycles. The highest BCUT2D eigenvalue weighted by atomic mass is 35.5. The Morgan fingerprint density at radius 3 is 2.36 bits per heavy atom. The van der Waals surface area contributed by atoms with Gasteiger partial charge in [0, 0.05) is 18.7 Å². The molecule has 3 aromatic rings. The zero-order valence-electron chi connectivity index (χ0n) is 14.7. The summed E-state index contributed by atoms with van der Waals surface area (Å²) in [5.41, 5.74) is 0.531. The molecule has 2 aromatic carbocycles. The van der Waals surface area contributed by atoms with Gasteiger partial charge in [-0.2, -0.15) is 0 Å². The van der Waals surface area contributed by atoms with E-state index in [4.69, 9.17) is 27.9 Å². The van der Waals surface area contributed by atoms with E-state index in [1.54, 1.807) is 16.8 Å². The minimum atomic E-state index is -0.651. The molecular formula is C20H16Cl2F2N2O2. The quantitative estimate of drug-likeness (QED) is 0.571. The number of aromatic nitrogens is 2. The van der Waals surface area contributed by atoms with Crippen molar-refractivity contribution in [1.29, 1.82) is 0 Å². The van der Waals surface area contributed by atoms with E-state index >= 15 is 0 Å². The Kier molecular flexibility index (Phi) is 5.17. The molecule has 0 N–H and O–H groups in total.